The van der Waals surface area contributed by atoms with Crippen LogP contribution in [0, 0.1) is 0 Å². The first kappa shape index (κ1) is 13.1. The van der Waals surface area contributed by atoms with Gasteiger partial charge in [-0.2, -0.15) is 0 Å². The molecule has 2 heterocycles. The Morgan fingerprint density at radius 2 is 2.06 bits per heavy atom. The number of morpholine rings is 1. The van der Waals surface area contributed by atoms with E-state index in [1.165, 1.54) is 0 Å². The summed E-state index contributed by atoms with van der Waals surface area (Å²) in [6, 6.07) is -0.0222. The van der Waals surface area contributed by atoms with Gasteiger partial charge in [0.05, 0.1) is 13.2 Å². The number of nitrogens with one attached hydrogen (secondary N) is 1. The Morgan fingerprint density at radius 3 is 2.72 bits per heavy atom. The van der Waals surface area contributed by atoms with Gasteiger partial charge < -0.3 is 19.9 Å². The Morgan fingerprint density at radius 1 is 1.28 bits per heavy atom. The van der Waals surface area contributed by atoms with Crippen molar-refractivity contribution in [2.45, 2.75) is 19.3 Å². The minimum Gasteiger partial charge on any atom is -0.378 e. The van der Waals surface area contributed by atoms with Crippen molar-refractivity contribution in [3.05, 3.63) is 0 Å². The van der Waals surface area contributed by atoms with Crippen LogP contribution in [-0.2, 0) is 9.53 Å². The molecule has 0 aromatic heterocycles. The zero-order valence-electron chi connectivity index (χ0n) is 10.7. The van der Waals surface area contributed by atoms with E-state index in [1.807, 2.05) is 4.90 Å². The number of carbonyl (C=O) groups is 2. The van der Waals surface area contributed by atoms with Crippen LogP contribution in [0.25, 0.3) is 0 Å². The predicted octanol–water partition coefficient (Wildman–Crippen LogP) is 0.0407. The highest BCUT2D eigenvalue weighted by molar-refractivity contribution is 5.78. The molecule has 1 N–H and O–H groups in total. The predicted molar refractivity (Wildman–Crippen MR) is 66.2 cm³/mol. The summed E-state index contributed by atoms with van der Waals surface area (Å²) >= 11 is 0. The lowest BCUT2D eigenvalue weighted by Crippen LogP contribution is -2.46. The van der Waals surface area contributed by atoms with Crippen molar-refractivity contribution in [1.82, 2.24) is 15.1 Å². The third-order valence-corrected chi connectivity index (χ3v) is 3.35. The zero-order valence-corrected chi connectivity index (χ0v) is 10.7. The Kier molecular flexibility index (Phi) is 4.81. The number of hydrogen-bond donors (Lipinski definition) is 1. The normalized spacial score (nSPS) is 20.3. The van der Waals surface area contributed by atoms with E-state index in [9.17, 15) is 9.59 Å². The van der Waals surface area contributed by atoms with Gasteiger partial charge in [-0.1, -0.05) is 0 Å². The van der Waals surface area contributed by atoms with Crippen LogP contribution in [0.4, 0.5) is 4.79 Å². The molecule has 0 aromatic carbocycles. The van der Waals surface area contributed by atoms with Gasteiger partial charge in [0.1, 0.15) is 0 Å². The molecule has 2 rings (SSSR count). The van der Waals surface area contributed by atoms with Crippen molar-refractivity contribution in [2.24, 2.45) is 0 Å². The number of urea groups is 1. The maximum Gasteiger partial charge on any atom is 0.317 e. The number of carbonyl (C=O) groups excluding carboxylic acids is 2. The summed E-state index contributed by atoms with van der Waals surface area (Å²) in [5.74, 6) is 0.245. The van der Waals surface area contributed by atoms with E-state index in [0.717, 1.165) is 25.9 Å². The molecule has 0 unspecified atom stereocenters. The fourth-order valence-electron chi connectivity index (χ4n) is 2.28. The Balaban J connectivity index is 1.57. The van der Waals surface area contributed by atoms with Crippen LogP contribution in [0.5, 0.6) is 0 Å². The third-order valence-electron chi connectivity index (χ3n) is 3.35. The van der Waals surface area contributed by atoms with Gasteiger partial charge in [-0.25, -0.2) is 4.79 Å². The van der Waals surface area contributed by atoms with Gasteiger partial charge in [0.25, 0.3) is 0 Å². The molecule has 18 heavy (non-hydrogen) atoms. The Hall–Kier alpha value is -1.30. The molecule has 0 bridgehead atoms. The summed E-state index contributed by atoms with van der Waals surface area (Å²) in [6.07, 6.45) is 2.47. The molecule has 0 saturated carbocycles. The van der Waals surface area contributed by atoms with Crippen molar-refractivity contribution < 1.29 is 14.3 Å². The lowest BCUT2D eigenvalue weighted by atomic mass is 10.4. The second-order valence-electron chi connectivity index (χ2n) is 4.67. The number of rotatable bonds is 4. The number of ether oxygens (including phenoxy) is 1. The summed E-state index contributed by atoms with van der Waals surface area (Å²) in [7, 11) is 0. The van der Waals surface area contributed by atoms with Gasteiger partial charge >= 0.3 is 6.03 Å². The Bertz CT molecular complexity index is 303. The van der Waals surface area contributed by atoms with Crippen molar-refractivity contribution in [3.63, 3.8) is 0 Å². The van der Waals surface area contributed by atoms with Crippen LogP contribution in [0.3, 0.4) is 0 Å². The summed E-state index contributed by atoms with van der Waals surface area (Å²) in [6.45, 7) is 4.82. The maximum atomic E-state index is 11.7. The molecule has 2 aliphatic rings. The number of likely N-dealkylation sites (tertiary alicyclic amines) is 1. The summed E-state index contributed by atoms with van der Waals surface area (Å²) in [5.41, 5.74) is 0. The van der Waals surface area contributed by atoms with Gasteiger partial charge in [0, 0.05) is 39.1 Å². The lowest BCUT2D eigenvalue weighted by Gasteiger charge is -2.27. The quantitative estimate of drug-likeness (QED) is 0.722. The average Bonchev–Trinajstić information content (AvgIpc) is 2.81. The second kappa shape index (κ2) is 6.58. The first-order chi connectivity index (χ1) is 8.77. The Labute approximate surface area is 107 Å². The van der Waals surface area contributed by atoms with Gasteiger partial charge in [-0.05, 0) is 12.8 Å². The van der Waals surface area contributed by atoms with Gasteiger partial charge in [-0.3, -0.25) is 4.79 Å². The third kappa shape index (κ3) is 3.60. The van der Waals surface area contributed by atoms with Crippen molar-refractivity contribution in [3.8, 4) is 0 Å². The number of nitrogens with zero attached hydrogens (tertiary/aromatic N) is 2. The van der Waals surface area contributed by atoms with E-state index in [-0.39, 0.29) is 11.9 Å². The number of amides is 3. The van der Waals surface area contributed by atoms with Crippen LogP contribution in [0.2, 0.25) is 0 Å². The van der Waals surface area contributed by atoms with Crippen LogP contribution < -0.4 is 5.32 Å². The average molecular weight is 255 g/mol. The van der Waals surface area contributed by atoms with E-state index >= 15 is 0 Å². The second-order valence-corrected chi connectivity index (χ2v) is 4.67. The van der Waals surface area contributed by atoms with Crippen molar-refractivity contribution in [1.29, 1.82) is 0 Å². The van der Waals surface area contributed by atoms with Crippen molar-refractivity contribution in [2.75, 3.05) is 45.9 Å². The smallest absolute Gasteiger partial charge is 0.317 e. The molecule has 0 aromatic rings. The van der Waals surface area contributed by atoms with Crippen LogP contribution in [-0.4, -0.2) is 67.7 Å². The topological polar surface area (TPSA) is 61.9 Å². The molecular formula is C12H21N3O3. The molecule has 2 saturated heterocycles. The van der Waals surface area contributed by atoms with Crippen LogP contribution in [0.15, 0.2) is 0 Å². The van der Waals surface area contributed by atoms with E-state index in [0.29, 0.717) is 39.3 Å². The zero-order chi connectivity index (χ0) is 12.8. The molecule has 2 fully saturated rings. The van der Waals surface area contributed by atoms with Gasteiger partial charge in [-0.15, -0.1) is 0 Å². The molecule has 0 spiro atoms. The molecule has 3 amide bonds. The first-order valence-corrected chi connectivity index (χ1v) is 6.65. The molecule has 6 nitrogen and oxygen atoms in total. The summed E-state index contributed by atoms with van der Waals surface area (Å²) in [4.78, 5) is 26.7. The molecule has 6 heteroatoms. The van der Waals surface area contributed by atoms with E-state index in [4.69, 9.17) is 4.74 Å². The minimum atomic E-state index is -0.0222. The molecular weight excluding hydrogens is 234 g/mol. The van der Waals surface area contributed by atoms with E-state index < -0.39 is 0 Å². The van der Waals surface area contributed by atoms with Crippen molar-refractivity contribution >= 4 is 11.9 Å². The lowest BCUT2D eigenvalue weighted by molar-refractivity contribution is -0.127. The highest BCUT2D eigenvalue weighted by atomic mass is 16.5. The van der Waals surface area contributed by atoms with Crippen LogP contribution in [0.1, 0.15) is 19.3 Å². The fraction of sp³-hybridized carbons (Fsp3) is 0.833. The van der Waals surface area contributed by atoms with Gasteiger partial charge in [0.15, 0.2) is 0 Å². The fourth-order valence-corrected chi connectivity index (χ4v) is 2.28. The van der Waals surface area contributed by atoms with E-state index in [1.54, 1.807) is 4.90 Å². The largest absolute Gasteiger partial charge is 0.378 e. The molecule has 0 aliphatic carbocycles. The molecule has 2 aliphatic heterocycles. The highest BCUT2D eigenvalue weighted by Crippen LogP contribution is 2.09. The SMILES string of the molecule is O=C1CCCN1CCCNC(=O)N1CCOCC1. The molecule has 0 radical (unpaired) electrons. The van der Waals surface area contributed by atoms with Gasteiger partial charge in [0.2, 0.25) is 5.91 Å². The molecule has 0 atom stereocenters. The maximum absolute atomic E-state index is 11.7. The highest BCUT2D eigenvalue weighted by Gasteiger charge is 2.19. The first-order valence-electron chi connectivity index (χ1n) is 6.65. The monoisotopic (exact) mass is 255 g/mol. The van der Waals surface area contributed by atoms with E-state index in [2.05, 4.69) is 5.32 Å². The molecule has 102 valence electrons. The number of hydrogen-bond acceptors (Lipinski definition) is 3. The standard InChI is InChI=1S/C12H21N3O3/c16-11-3-1-5-14(11)6-2-4-13-12(17)15-7-9-18-10-8-15/h1-10H2,(H,13,17). The minimum absolute atomic E-state index is 0.0222. The summed E-state index contributed by atoms with van der Waals surface area (Å²) in [5, 5.41) is 2.88. The summed E-state index contributed by atoms with van der Waals surface area (Å²) < 4.78 is 5.19. The van der Waals surface area contributed by atoms with Crippen LogP contribution >= 0.6 is 0 Å².